The second-order valence-corrected chi connectivity index (χ2v) is 8.44. The molecule has 0 saturated carbocycles. The smallest absolute Gasteiger partial charge is 0.252 e. The van der Waals surface area contributed by atoms with Gasteiger partial charge in [0.25, 0.3) is 5.91 Å². The quantitative estimate of drug-likeness (QED) is 0.499. The summed E-state index contributed by atoms with van der Waals surface area (Å²) in [4.78, 5) is 18.1. The predicted octanol–water partition coefficient (Wildman–Crippen LogP) is 4.61. The maximum absolute atomic E-state index is 13.4. The third kappa shape index (κ3) is 3.91. The van der Waals surface area contributed by atoms with E-state index in [1.165, 1.54) is 5.56 Å². The zero-order chi connectivity index (χ0) is 23.1. The molecule has 0 fully saturated rings. The summed E-state index contributed by atoms with van der Waals surface area (Å²) < 4.78 is 13.1. The number of aryl methyl sites for hydroxylation is 3. The third-order valence-corrected chi connectivity index (χ3v) is 5.88. The van der Waals surface area contributed by atoms with Crippen molar-refractivity contribution in [3.05, 3.63) is 76.6 Å². The van der Waals surface area contributed by atoms with Crippen LogP contribution in [0, 0.1) is 20.8 Å². The van der Waals surface area contributed by atoms with Gasteiger partial charge in [0.15, 0.2) is 17.1 Å². The highest BCUT2D eigenvalue weighted by Crippen LogP contribution is 2.33. The van der Waals surface area contributed by atoms with Crippen LogP contribution in [0.2, 0.25) is 0 Å². The second kappa shape index (κ2) is 8.24. The number of hydrogen-bond donors (Lipinski definition) is 1. The minimum absolute atomic E-state index is 0.167. The summed E-state index contributed by atoms with van der Waals surface area (Å²) in [5.41, 5.74) is 5.79. The number of fused-ring (bicyclic) bond motifs is 2. The Hall–Kier alpha value is -3.87. The van der Waals surface area contributed by atoms with Crippen LogP contribution in [-0.4, -0.2) is 33.9 Å². The van der Waals surface area contributed by atoms with Gasteiger partial charge in [0.1, 0.15) is 13.2 Å². The monoisotopic (exact) mass is 442 g/mol. The summed E-state index contributed by atoms with van der Waals surface area (Å²) in [5.74, 6) is 1.27. The van der Waals surface area contributed by atoms with Gasteiger partial charge in [-0.05, 0) is 63.6 Å². The van der Waals surface area contributed by atoms with E-state index in [9.17, 15) is 4.79 Å². The molecule has 1 amide bonds. The summed E-state index contributed by atoms with van der Waals surface area (Å²) in [7, 11) is 0. The van der Waals surface area contributed by atoms with Gasteiger partial charge in [0.2, 0.25) is 0 Å². The molecule has 0 bridgehead atoms. The van der Waals surface area contributed by atoms with Gasteiger partial charge in [-0.1, -0.05) is 23.8 Å². The number of amides is 1. The van der Waals surface area contributed by atoms with Crippen molar-refractivity contribution in [2.45, 2.75) is 33.7 Å². The second-order valence-electron chi connectivity index (χ2n) is 8.44. The highest BCUT2D eigenvalue weighted by molar-refractivity contribution is 6.07. The van der Waals surface area contributed by atoms with Gasteiger partial charge in [-0.25, -0.2) is 9.67 Å². The summed E-state index contributed by atoms with van der Waals surface area (Å²) in [5, 5.41) is 8.58. The summed E-state index contributed by atoms with van der Waals surface area (Å²) in [6.45, 7) is 8.87. The molecule has 1 N–H and O–H groups in total. The molecule has 3 heterocycles. The van der Waals surface area contributed by atoms with Crippen LogP contribution in [-0.2, 0) is 0 Å². The van der Waals surface area contributed by atoms with Crippen LogP contribution in [0.4, 0.5) is 0 Å². The molecule has 168 valence electrons. The molecule has 0 unspecified atom stereocenters. The molecule has 7 heteroatoms. The van der Waals surface area contributed by atoms with E-state index in [0.717, 1.165) is 33.8 Å². The average Bonchev–Trinajstić information content (AvgIpc) is 3.14. The lowest BCUT2D eigenvalue weighted by Gasteiger charge is -2.21. The molecular weight excluding hydrogens is 416 g/mol. The molecule has 2 aromatic heterocycles. The fourth-order valence-electron chi connectivity index (χ4n) is 4.15. The first-order valence-electron chi connectivity index (χ1n) is 11.0. The first kappa shape index (κ1) is 21.0. The topological polar surface area (TPSA) is 78.3 Å². The van der Waals surface area contributed by atoms with Gasteiger partial charge in [-0.2, -0.15) is 5.10 Å². The highest BCUT2D eigenvalue weighted by Gasteiger charge is 2.22. The minimum Gasteiger partial charge on any atom is -0.486 e. The van der Waals surface area contributed by atoms with Gasteiger partial charge in [-0.3, -0.25) is 4.79 Å². The molecule has 2 aromatic carbocycles. The summed E-state index contributed by atoms with van der Waals surface area (Å²) >= 11 is 0. The number of aromatic nitrogens is 3. The first-order valence-corrected chi connectivity index (χ1v) is 11.0. The number of nitrogens with one attached hydrogen (secondary N) is 1. The van der Waals surface area contributed by atoms with E-state index >= 15 is 0 Å². The summed E-state index contributed by atoms with van der Waals surface area (Å²) in [6.07, 6.45) is 0. The van der Waals surface area contributed by atoms with E-state index in [1.54, 1.807) is 4.68 Å². The zero-order valence-electron chi connectivity index (χ0n) is 19.2. The van der Waals surface area contributed by atoms with Crippen molar-refractivity contribution < 1.29 is 14.3 Å². The van der Waals surface area contributed by atoms with E-state index in [2.05, 4.69) is 5.32 Å². The van der Waals surface area contributed by atoms with E-state index in [-0.39, 0.29) is 11.9 Å². The number of pyridine rings is 1. The fourth-order valence-corrected chi connectivity index (χ4v) is 4.15. The molecule has 0 aliphatic carbocycles. The number of carbonyl (C=O) groups excluding carboxylic acids is 1. The van der Waals surface area contributed by atoms with Crippen LogP contribution in [0.5, 0.6) is 11.5 Å². The number of nitrogens with zero attached hydrogens (tertiary/aromatic N) is 3. The lowest BCUT2D eigenvalue weighted by Crippen LogP contribution is -2.27. The standard InChI is InChI=1S/C26H26N4O3/c1-15-5-8-20(9-6-15)30-25-24(18(4)29-30)21(13-16(2)27-25)26(31)28-17(3)19-7-10-22-23(14-19)33-12-11-32-22/h5-10,13-14,17H,11-12H2,1-4H3,(H,28,31)/t17-/m0/s1. The Kier molecular flexibility index (Phi) is 5.24. The lowest BCUT2D eigenvalue weighted by molar-refractivity contribution is 0.0941. The SMILES string of the molecule is Cc1ccc(-n2nc(C)c3c(C(=O)N[C@@H](C)c4ccc5c(c4)OCCO5)cc(C)nc32)cc1. The predicted molar refractivity (Wildman–Crippen MR) is 126 cm³/mol. The van der Waals surface area contributed by atoms with Gasteiger partial charge in [-0.15, -0.1) is 0 Å². The number of ether oxygens (including phenoxy) is 2. The lowest BCUT2D eigenvalue weighted by atomic mass is 10.1. The molecule has 33 heavy (non-hydrogen) atoms. The molecule has 1 aliphatic heterocycles. The van der Waals surface area contributed by atoms with Gasteiger partial charge in [0.05, 0.1) is 28.4 Å². The Morgan fingerprint density at radius 3 is 2.48 bits per heavy atom. The van der Waals surface area contributed by atoms with Crippen LogP contribution >= 0.6 is 0 Å². The van der Waals surface area contributed by atoms with Crippen molar-refractivity contribution in [3.63, 3.8) is 0 Å². The van der Waals surface area contributed by atoms with Crippen LogP contribution in [0.1, 0.15) is 45.8 Å². The Labute approximate surface area is 192 Å². The van der Waals surface area contributed by atoms with E-state index < -0.39 is 0 Å². The molecule has 0 spiro atoms. The van der Waals surface area contributed by atoms with Crippen molar-refractivity contribution in [1.29, 1.82) is 0 Å². The van der Waals surface area contributed by atoms with Crippen LogP contribution in [0.15, 0.2) is 48.5 Å². The van der Waals surface area contributed by atoms with Crippen LogP contribution in [0.25, 0.3) is 16.7 Å². The maximum Gasteiger partial charge on any atom is 0.252 e. The molecule has 1 atom stereocenters. The fraction of sp³-hybridized carbons (Fsp3) is 0.269. The van der Waals surface area contributed by atoms with Crippen LogP contribution in [0.3, 0.4) is 0 Å². The van der Waals surface area contributed by atoms with Crippen molar-refractivity contribution in [2.24, 2.45) is 0 Å². The molecular formula is C26H26N4O3. The largest absolute Gasteiger partial charge is 0.486 e. The Morgan fingerprint density at radius 2 is 1.73 bits per heavy atom. The Bertz CT molecular complexity index is 1360. The van der Waals surface area contributed by atoms with Gasteiger partial charge >= 0.3 is 0 Å². The Balaban J connectivity index is 1.49. The number of benzene rings is 2. The van der Waals surface area contributed by atoms with Crippen molar-refractivity contribution in [1.82, 2.24) is 20.1 Å². The third-order valence-electron chi connectivity index (χ3n) is 5.88. The highest BCUT2D eigenvalue weighted by atomic mass is 16.6. The van der Waals surface area contributed by atoms with E-state index in [0.29, 0.717) is 30.2 Å². The number of carbonyl (C=O) groups is 1. The molecule has 0 radical (unpaired) electrons. The zero-order valence-corrected chi connectivity index (χ0v) is 19.2. The minimum atomic E-state index is -0.218. The molecule has 0 saturated heterocycles. The van der Waals surface area contributed by atoms with Crippen LogP contribution < -0.4 is 14.8 Å². The molecule has 1 aliphatic rings. The maximum atomic E-state index is 13.4. The molecule has 7 nitrogen and oxygen atoms in total. The molecule has 4 aromatic rings. The molecule has 5 rings (SSSR count). The normalized spacial score (nSPS) is 13.7. The van der Waals surface area contributed by atoms with Crippen molar-refractivity contribution >= 4 is 16.9 Å². The average molecular weight is 443 g/mol. The van der Waals surface area contributed by atoms with Gasteiger partial charge < -0.3 is 14.8 Å². The van der Waals surface area contributed by atoms with E-state index in [4.69, 9.17) is 19.6 Å². The number of rotatable bonds is 4. The Morgan fingerprint density at radius 1 is 1.00 bits per heavy atom. The number of hydrogen-bond acceptors (Lipinski definition) is 5. The van der Waals surface area contributed by atoms with Gasteiger partial charge in [0, 0.05) is 5.69 Å². The van der Waals surface area contributed by atoms with Crippen molar-refractivity contribution in [3.8, 4) is 17.2 Å². The first-order chi connectivity index (χ1) is 15.9. The van der Waals surface area contributed by atoms with E-state index in [1.807, 2.05) is 76.2 Å². The summed E-state index contributed by atoms with van der Waals surface area (Å²) in [6, 6.07) is 15.5. The van der Waals surface area contributed by atoms with Crippen molar-refractivity contribution in [2.75, 3.05) is 13.2 Å².